The van der Waals surface area contributed by atoms with E-state index in [1.807, 2.05) is 6.92 Å². The summed E-state index contributed by atoms with van der Waals surface area (Å²) in [6, 6.07) is 4.89. The van der Waals surface area contributed by atoms with Gasteiger partial charge >= 0.3 is 0 Å². The Labute approximate surface area is 123 Å². The van der Waals surface area contributed by atoms with Gasteiger partial charge in [0.05, 0.1) is 32.7 Å². The number of hydrogen-bond donors (Lipinski definition) is 1. The first-order chi connectivity index (χ1) is 9.22. The number of aromatic nitrogens is 2. The second kappa shape index (κ2) is 5.10. The Morgan fingerprint density at radius 3 is 2.50 bits per heavy atom. The standard InChI is InChI=1S/C13H16ClN3O2S/c1-8-4-5-12(10(15)6-8)20(18,19)7-11-13(14)9(2)16-17(11)3/h4-6H,7,15H2,1-3H3. The second-order valence-electron chi connectivity index (χ2n) is 4.77. The summed E-state index contributed by atoms with van der Waals surface area (Å²) >= 11 is 6.09. The van der Waals surface area contributed by atoms with Crippen LogP contribution in [-0.2, 0) is 22.6 Å². The predicted molar refractivity (Wildman–Crippen MR) is 79.4 cm³/mol. The number of hydrogen-bond acceptors (Lipinski definition) is 4. The van der Waals surface area contributed by atoms with Gasteiger partial charge in [0.15, 0.2) is 9.84 Å². The van der Waals surface area contributed by atoms with Crippen LogP contribution in [0.5, 0.6) is 0 Å². The third kappa shape index (κ3) is 2.66. The van der Waals surface area contributed by atoms with E-state index in [0.717, 1.165) is 5.56 Å². The van der Waals surface area contributed by atoms with Crippen LogP contribution >= 0.6 is 11.6 Å². The molecule has 0 aliphatic carbocycles. The molecule has 2 rings (SSSR count). The van der Waals surface area contributed by atoms with Crippen molar-refractivity contribution in [2.45, 2.75) is 24.5 Å². The fourth-order valence-electron chi connectivity index (χ4n) is 2.05. The lowest BCUT2D eigenvalue weighted by Crippen LogP contribution is -2.11. The van der Waals surface area contributed by atoms with E-state index in [1.54, 1.807) is 26.1 Å². The topological polar surface area (TPSA) is 78.0 Å². The average Bonchev–Trinajstić information content (AvgIpc) is 2.55. The minimum Gasteiger partial charge on any atom is -0.398 e. The molecule has 0 fully saturated rings. The molecule has 0 spiro atoms. The Hall–Kier alpha value is -1.53. The summed E-state index contributed by atoms with van der Waals surface area (Å²) in [7, 11) is -1.89. The second-order valence-corrected chi connectivity index (χ2v) is 7.11. The van der Waals surface area contributed by atoms with Gasteiger partial charge in [0.2, 0.25) is 0 Å². The highest BCUT2D eigenvalue weighted by Gasteiger charge is 2.23. The molecule has 1 aromatic carbocycles. The van der Waals surface area contributed by atoms with E-state index in [2.05, 4.69) is 5.10 Å². The lowest BCUT2D eigenvalue weighted by atomic mass is 10.2. The van der Waals surface area contributed by atoms with Crippen LogP contribution in [0.25, 0.3) is 0 Å². The third-order valence-electron chi connectivity index (χ3n) is 3.09. The molecule has 7 heteroatoms. The van der Waals surface area contributed by atoms with E-state index in [9.17, 15) is 8.42 Å². The molecule has 0 atom stereocenters. The summed E-state index contributed by atoms with van der Waals surface area (Å²) in [4.78, 5) is 0.123. The number of anilines is 1. The molecule has 0 amide bonds. The van der Waals surface area contributed by atoms with Crippen LogP contribution < -0.4 is 5.73 Å². The molecule has 2 N–H and O–H groups in total. The van der Waals surface area contributed by atoms with E-state index in [1.165, 1.54) is 10.7 Å². The maximum absolute atomic E-state index is 12.5. The van der Waals surface area contributed by atoms with Gasteiger partial charge in [0.1, 0.15) is 0 Å². The van der Waals surface area contributed by atoms with Crippen molar-refractivity contribution < 1.29 is 8.42 Å². The van der Waals surface area contributed by atoms with Crippen molar-refractivity contribution in [1.82, 2.24) is 9.78 Å². The van der Waals surface area contributed by atoms with Crippen molar-refractivity contribution in [3.8, 4) is 0 Å². The number of sulfone groups is 1. The van der Waals surface area contributed by atoms with Crippen LogP contribution in [-0.4, -0.2) is 18.2 Å². The minimum absolute atomic E-state index is 0.123. The summed E-state index contributed by atoms with van der Waals surface area (Å²) in [6.07, 6.45) is 0. The number of nitrogen functional groups attached to an aromatic ring is 1. The smallest absolute Gasteiger partial charge is 0.186 e. The van der Waals surface area contributed by atoms with Gasteiger partial charge in [-0.05, 0) is 31.5 Å². The molecule has 0 aliphatic rings. The van der Waals surface area contributed by atoms with Gasteiger partial charge in [-0.25, -0.2) is 8.42 Å². The number of halogens is 1. The normalized spacial score (nSPS) is 11.8. The molecule has 0 unspecified atom stereocenters. The van der Waals surface area contributed by atoms with E-state index in [0.29, 0.717) is 16.4 Å². The van der Waals surface area contributed by atoms with Crippen molar-refractivity contribution >= 4 is 27.1 Å². The molecule has 0 bridgehead atoms. The van der Waals surface area contributed by atoms with Gasteiger partial charge in [0.25, 0.3) is 0 Å². The molecular formula is C13H16ClN3O2S. The lowest BCUT2D eigenvalue weighted by molar-refractivity contribution is 0.592. The number of rotatable bonds is 3. The molecular weight excluding hydrogens is 298 g/mol. The number of benzene rings is 1. The summed E-state index contributed by atoms with van der Waals surface area (Å²) in [5.41, 5.74) is 8.04. The molecule has 0 saturated heterocycles. The molecule has 0 aliphatic heterocycles. The Balaban J connectivity index is 2.46. The van der Waals surface area contributed by atoms with E-state index in [4.69, 9.17) is 17.3 Å². The van der Waals surface area contributed by atoms with Crippen LogP contribution in [0.15, 0.2) is 23.1 Å². The molecule has 0 radical (unpaired) electrons. The van der Waals surface area contributed by atoms with E-state index < -0.39 is 9.84 Å². The quantitative estimate of drug-likeness (QED) is 0.882. The molecule has 0 saturated carbocycles. The van der Waals surface area contributed by atoms with Gasteiger partial charge < -0.3 is 5.73 Å². The van der Waals surface area contributed by atoms with Crippen LogP contribution in [0.4, 0.5) is 5.69 Å². The predicted octanol–water partition coefficient (Wildman–Crippen LogP) is 2.25. The molecule has 2 aromatic rings. The van der Waals surface area contributed by atoms with Crippen molar-refractivity contribution in [3.63, 3.8) is 0 Å². The first-order valence-corrected chi connectivity index (χ1v) is 8.02. The summed E-state index contributed by atoms with van der Waals surface area (Å²) in [5, 5.41) is 4.49. The Kier molecular flexibility index (Phi) is 3.80. The first kappa shape index (κ1) is 14.9. The highest BCUT2D eigenvalue weighted by atomic mass is 35.5. The van der Waals surface area contributed by atoms with Crippen LogP contribution in [0.1, 0.15) is 17.0 Å². The maximum Gasteiger partial charge on any atom is 0.186 e. The van der Waals surface area contributed by atoms with E-state index >= 15 is 0 Å². The molecule has 1 heterocycles. The fraction of sp³-hybridized carbons (Fsp3) is 0.308. The lowest BCUT2D eigenvalue weighted by Gasteiger charge is -2.09. The van der Waals surface area contributed by atoms with Gasteiger partial charge in [-0.1, -0.05) is 17.7 Å². The van der Waals surface area contributed by atoms with Gasteiger partial charge in [-0.2, -0.15) is 5.10 Å². The van der Waals surface area contributed by atoms with Crippen molar-refractivity contribution in [1.29, 1.82) is 0 Å². The number of nitrogens with two attached hydrogens (primary N) is 1. The highest BCUT2D eigenvalue weighted by molar-refractivity contribution is 7.90. The van der Waals surface area contributed by atoms with Gasteiger partial charge in [0, 0.05) is 7.05 Å². The summed E-state index contributed by atoms with van der Waals surface area (Å²) in [5.74, 6) is -0.226. The zero-order valence-corrected chi connectivity index (χ0v) is 13.1. The summed E-state index contributed by atoms with van der Waals surface area (Å²) < 4.78 is 26.4. The van der Waals surface area contributed by atoms with E-state index in [-0.39, 0.29) is 16.3 Å². The van der Waals surface area contributed by atoms with Crippen LogP contribution in [0.3, 0.4) is 0 Å². The maximum atomic E-state index is 12.5. The summed E-state index contributed by atoms with van der Waals surface area (Å²) in [6.45, 7) is 3.59. The fourth-order valence-corrected chi connectivity index (χ4v) is 3.89. The number of aryl methyl sites for hydroxylation is 3. The average molecular weight is 314 g/mol. The highest BCUT2D eigenvalue weighted by Crippen LogP contribution is 2.27. The first-order valence-electron chi connectivity index (χ1n) is 5.99. The van der Waals surface area contributed by atoms with Crippen molar-refractivity contribution in [3.05, 3.63) is 40.2 Å². The Bertz CT molecular complexity index is 766. The molecule has 20 heavy (non-hydrogen) atoms. The number of nitrogens with zero attached hydrogens (tertiary/aromatic N) is 2. The van der Waals surface area contributed by atoms with Gasteiger partial charge in [-0.15, -0.1) is 0 Å². The monoisotopic (exact) mass is 313 g/mol. The van der Waals surface area contributed by atoms with Gasteiger partial charge in [-0.3, -0.25) is 4.68 Å². The minimum atomic E-state index is -3.56. The third-order valence-corrected chi connectivity index (χ3v) is 5.28. The zero-order chi connectivity index (χ0) is 15.1. The van der Waals surface area contributed by atoms with Crippen molar-refractivity contribution in [2.24, 2.45) is 7.05 Å². The Morgan fingerprint density at radius 2 is 2.00 bits per heavy atom. The van der Waals surface area contributed by atoms with Crippen LogP contribution in [0, 0.1) is 13.8 Å². The Morgan fingerprint density at radius 1 is 1.35 bits per heavy atom. The zero-order valence-electron chi connectivity index (χ0n) is 11.5. The van der Waals surface area contributed by atoms with Crippen LogP contribution in [0.2, 0.25) is 5.02 Å². The van der Waals surface area contributed by atoms with Crippen molar-refractivity contribution in [2.75, 3.05) is 5.73 Å². The SMILES string of the molecule is Cc1ccc(S(=O)(=O)Cc2c(Cl)c(C)nn2C)c(N)c1. The molecule has 108 valence electrons. The molecule has 1 aromatic heterocycles. The molecule has 5 nitrogen and oxygen atoms in total. The largest absolute Gasteiger partial charge is 0.398 e.